The second kappa shape index (κ2) is 13.4. The number of aryl methyl sites for hydroxylation is 1. The van der Waals surface area contributed by atoms with Crippen molar-refractivity contribution in [3.05, 3.63) is 126 Å². The molecule has 0 aliphatic carbocycles. The van der Waals surface area contributed by atoms with E-state index >= 15 is 0 Å². The fraction of sp³-hybridized carbons (Fsp3) is 0.129. The van der Waals surface area contributed by atoms with E-state index in [-0.39, 0.29) is 24.3 Å². The summed E-state index contributed by atoms with van der Waals surface area (Å²) in [5.41, 5.74) is 4.62. The summed E-state index contributed by atoms with van der Waals surface area (Å²) in [4.78, 5) is 37.1. The topological polar surface area (TPSA) is 99.3 Å². The molecule has 0 heterocycles. The largest absolute Gasteiger partial charge is 0.376 e. The summed E-state index contributed by atoms with van der Waals surface area (Å²) in [5.74, 6) is -0.482. The van der Waals surface area contributed by atoms with Gasteiger partial charge in [-0.25, -0.2) is 0 Å². The molecule has 0 bridgehead atoms. The highest BCUT2D eigenvalue weighted by Crippen LogP contribution is 2.16. The van der Waals surface area contributed by atoms with Crippen LogP contribution in [0.5, 0.6) is 0 Å². The average Bonchev–Trinajstić information content (AvgIpc) is 2.95. The number of hydrogen-bond donors (Lipinski definition) is 4. The molecular formula is C31H30N4O3. The molecule has 4 aromatic carbocycles. The van der Waals surface area contributed by atoms with Crippen LogP contribution < -0.4 is 21.3 Å². The number of amides is 3. The molecule has 0 spiro atoms. The molecule has 3 amide bonds. The standard InChI is InChI=1S/C31H30N4O3/c36-29(19-14-23-8-3-1-4-9-23)35-28-13-7-12-27(20-28)32-22-30(37)34-26-17-15-25(16-18-26)31(38)33-21-24-10-5-2-6-11-24/h1-13,15-18,20,32H,14,19,21-22H2,(H,33,38)(H,34,37)(H,35,36). The van der Waals surface area contributed by atoms with E-state index in [1.807, 2.05) is 78.9 Å². The van der Waals surface area contributed by atoms with Gasteiger partial charge in [0.1, 0.15) is 0 Å². The van der Waals surface area contributed by atoms with Crippen LogP contribution in [0.3, 0.4) is 0 Å². The van der Waals surface area contributed by atoms with Crippen molar-refractivity contribution in [1.29, 1.82) is 0 Å². The zero-order valence-corrected chi connectivity index (χ0v) is 20.9. The fourth-order valence-corrected chi connectivity index (χ4v) is 3.81. The van der Waals surface area contributed by atoms with Gasteiger partial charge in [0.25, 0.3) is 5.91 Å². The minimum Gasteiger partial charge on any atom is -0.376 e. The SMILES string of the molecule is O=C(CCc1ccccc1)Nc1cccc(NCC(=O)Nc2ccc(C(=O)NCc3ccccc3)cc2)c1. The summed E-state index contributed by atoms with van der Waals surface area (Å²) >= 11 is 0. The molecule has 7 heteroatoms. The summed E-state index contributed by atoms with van der Waals surface area (Å²) in [6.45, 7) is 0.493. The van der Waals surface area contributed by atoms with E-state index in [9.17, 15) is 14.4 Å². The monoisotopic (exact) mass is 506 g/mol. The molecule has 0 aliphatic heterocycles. The highest BCUT2D eigenvalue weighted by molar-refractivity contribution is 5.97. The number of benzene rings is 4. The maximum atomic E-state index is 12.4. The van der Waals surface area contributed by atoms with Gasteiger partial charge in [-0.1, -0.05) is 66.7 Å². The van der Waals surface area contributed by atoms with E-state index in [4.69, 9.17) is 0 Å². The molecule has 4 aromatic rings. The number of nitrogens with one attached hydrogen (secondary N) is 4. The Morgan fingerprint density at radius 2 is 1.21 bits per heavy atom. The van der Waals surface area contributed by atoms with Crippen molar-refractivity contribution >= 4 is 34.8 Å². The minimum atomic E-state index is -0.233. The number of rotatable bonds is 11. The van der Waals surface area contributed by atoms with Gasteiger partial charge in [-0.3, -0.25) is 14.4 Å². The van der Waals surface area contributed by atoms with Crippen LogP contribution in [0.25, 0.3) is 0 Å². The molecule has 0 saturated heterocycles. The fourth-order valence-electron chi connectivity index (χ4n) is 3.81. The van der Waals surface area contributed by atoms with Gasteiger partial charge >= 0.3 is 0 Å². The van der Waals surface area contributed by atoms with Crippen LogP contribution in [0.1, 0.15) is 27.9 Å². The molecule has 0 atom stereocenters. The lowest BCUT2D eigenvalue weighted by atomic mass is 10.1. The molecule has 0 fully saturated rings. The van der Waals surface area contributed by atoms with Crippen LogP contribution in [0, 0.1) is 0 Å². The maximum Gasteiger partial charge on any atom is 0.251 e. The predicted molar refractivity (Wildman–Crippen MR) is 151 cm³/mol. The number of anilines is 3. The molecule has 38 heavy (non-hydrogen) atoms. The predicted octanol–water partition coefficient (Wildman–Crippen LogP) is 5.24. The first kappa shape index (κ1) is 26.2. The van der Waals surface area contributed by atoms with Crippen molar-refractivity contribution in [3.8, 4) is 0 Å². The highest BCUT2D eigenvalue weighted by Gasteiger charge is 2.08. The normalized spacial score (nSPS) is 10.3. The van der Waals surface area contributed by atoms with E-state index in [1.165, 1.54) is 0 Å². The summed E-state index contributed by atoms with van der Waals surface area (Å²) in [6, 6.07) is 33.5. The molecule has 192 valence electrons. The van der Waals surface area contributed by atoms with Crippen LogP contribution in [-0.2, 0) is 22.6 Å². The molecule has 0 aliphatic rings. The van der Waals surface area contributed by atoms with Gasteiger partial charge in [0.05, 0.1) is 6.54 Å². The first-order chi connectivity index (χ1) is 18.5. The van der Waals surface area contributed by atoms with Gasteiger partial charge in [-0.15, -0.1) is 0 Å². The van der Waals surface area contributed by atoms with Crippen molar-refractivity contribution in [3.63, 3.8) is 0 Å². The Kier molecular flexibility index (Phi) is 9.23. The summed E-state index contributed by atoms with van der Waals surface area (Å²) < 4.78 is 0. The molecule has 0 unspecified atom stereocenters. The molecule has 0 saturated carbocycles. The first-order valence-electron chi connectivity index (χ1n) is 12.4. The Labute approximate surface area is 222 Å². The van der Waals surface area contributed by atoms with Crippen LogP contribution in [0.15, 0.2) is 109 Å². The maximum absolute atomic E-state index is 12.4. The zero-order valence-electron chi connectivity index (χ0n) is 20.9. The van der Waals surface area contributed by atoms with Crippen molar-refractivity contribution in [2.24, 2.45) is 0 Å². The van der Waals surface area contributed by atoms with E-state index in [1.54, 1.807) is 30.3 Å². The lowest BCUT2D eigenvalue weighted by Gasteiger charge is -2.11. The van der Waals surface area contributed by atoms with Gasteiger partial charge in [0, 0.05) is 35.6 Å². The quantitative estimate of drug-likeness (QED) is 0.224. The summed E-state index contributed by atoms with van der Waals surface area (Å²) in [6.07, 6.45) is 1.06. The zero-order chi connectivity index (χ0) is 26.6. The lowest BCUT2D eigenvalue weighted by Crippen LogP contribution is -2.23. The molecular weight excluding hydrogens is 476 g/mol. The van der Waals surface area contributed by atoms with E-state index < -0.39 is 0 Å². The van der Waals surface area contributed by atoms with E-state index in [0.717, 1.165) is 11.1 Å². The second-order valence-electron chi connectivity index (χ2n) is 8.76. The van der Waals surface area contributed by atoms with Crippen LogP contribution in [0.4, 0.5) is 17.1 Å². The Bertz CT molecular complexity index is 1360. The van der Waals surface area contributed by atoms with Crippen molar-refractivity contribution in [2.75, 3.05) is 22.5 Å². The molecule has 0 aromatic heterocycles. The molecule has 7 nitrogen and oxygen atoms in total. The second-order valence-corrected chi connectivity index (χ2v) is 8.76. The smallest absolute Gasteiger partial charge is 0.251 e. The Morgan fingerprint density at radius 3 is 1.92 bits per heavy atom. The van der Waals surface area contributed by atoms with Gasteiger partial charge in [0.15, 0.2) is 0 Å². The molecule has 4 N–H and O–H groups in total. The third-order valence-electron chi connectivity index (χ3n) is 5.81. The average molecular weight is 507 g/mol. The lowest BCUT2D eigenvalue weighted by molar-refractivity contribution is -0.116. The van der Waals surface area contributed by atoms with Gasteiger partial charge in [-0.05, 0) is 60.0 Å². The van der Waals surface area contributed by atoms with Crippen molar-refractivity contribution in [1.82, 2.24) is 5.32 Å². The van der Waals surface area contributed by atoms with E-state index in [0.29, 0.717) is 42.0 Å². The van der Waals surface area contributed by atoms with E-state index in [2.05, 4.69) is 21.3 Å². The van der Waals surface area contributed by atoms with Crippen LogP contribution >= 0.6 is 0 Å². The third kappa shape index (κ3) is 8.34. The van der Waals surface area contributed by atoms with Gasteiger partial charge in [0.2, 0.25) is 11.8 Å². The van der Waals surface area contributed by atoms with Crippen LogP contribution in [0.2, 0.25) is 0 Å². The Hall–Kier alpha value is -4.91. The minimum absolute atomic E-state index is 0.0463. The summed E-state index contributed by atoms with van der Waals surface area (Å²) in [5, 5.41) is 11.7. The Balaban J connectivity index is 1.20. The number of carbonyl (C=O) groups excluding carboxylic acids is 3. The van der Waals surface area contributed by atoms with Crippen molar-refractivity contribution < 1.29 is 14.4 Å². The molecule has 4 rings (SSSR count). The van der Waals surface area contributed by atoms with Crippen LogP contribution in [-0.4, -0.2) is 24.3 Å². The molecule has 0 radical (unpaired) electrons. The first-order valence-corrected chi connectivity index (χ1v) is 12.4. The number of hydrogen-bond acceptors (Lipinski definition) is 4. The highest BCUT2D eigenvalue weighted by atomic mass is 16.2. The number of carbonyl (C=O) groups is 3. The third-order valence-corrected chi connectivity index (χ3v) is 5.81. The van der Waals surface area contributed by atoms with Gasteiger partial charge < -0.3 is 21.3 Å². The Morgan fingerprint density at radius 1 is 0.579 bits per heavy atom. The van der Waals surface area contributed by atoms with Crippen molar-refractivity contribution in [2.45, 2.75) is 19.4 Å². The summed E-state index contributed by atoms with van der Waals surface area (Å²) in [7, 11) is 0. The van der Waals surface area contributed by atoms with Gasteiger partial charge in [-0.2, -0.15) is 0 Å².